The molecule has 0 aliphatic carbocycles. The third-order valence-corrected chi connectivity index (χ3v) is 6.07. The number of aromatic nitrogens is 2. The van der Waals surface area contributed by atoms with E-state index in [-0.39, 0.29) is 24.8 Å². The number of rotatable bonds is 7. The highest BCUT2D eigenvalue weighted by Crippen LogP contribution is 2.27. The van der Waals surface area contributed by atoms with Crippen LogP contribution in [-0.2, 0) is 16.2 Å². The predicted molar refractivity (Wildman–Crippen MR) is 136 cm³/mol. The fourth-order valence-electron chi connectivity index (χ4n) is 4.04. The second-order valence-corrected chi connectivity index (χ2v) is 8.91. The highest BCUT2D eigenvalue weighted by Gasteiger charge is 2.35. The van der Waals surface area contributed by atoms with Crippen LogP contribution in [-0.4, -0.2) is 28.6 Å². The first-order valence-electron chi connectivity index (χ1n) is 11.7. The minimum Gasteiger partial charge on any atom is -0.484 e. The molecule has 8 nitrogen and oxygen atoms in total. The normalized spacial score (nSPS) is 15.2. The second kappa shape index (κ2) is 10.0. The van der Waals surface area contributed by atoms with Crippen LogP contribution >= 0.6 is 0 Å². The van der Waals surface area contributed by atoms with E-state index >= 15 is 0 Å². The summed E-state index contributed by atoms with van der Waals surface area (Å²) in [4.78, 5) is 27.1. The van der Waals surface area contributed by atoms with Crippen molar-refractivity contribution >= 4 is 23.2 Å². The lowest BCUT2D eigenvalue weighted by Crippen LogP contribution is -2.28. The van der Waals surface area contributed by atoms with Crippen LogP contribution < -0.4 is 15.0 Å². The molecule has 1 aromatic heterocycles. The number of hydrogen-bond acceptors (Lipinski definition) is 6. The molecule has 3 aromatic carbocycles. The van der Waals surface area contributed by atoms with Gasteiger partial charge >= 0.3 is 0 Å². The number of benzene rings is 3. The second-order valence-electron chi connectivity index (χ2n) is 8.91. The molecule has 0 saturated carbocycles. The van der Waals surface area contributed by atoms with Crippen molar-refractivity contribution in [1.29, 1.82) is 0 Å². The molecule has 5 rings (SSSR count). The Balaban J connectivity index is 1.18. The SMILES string of the molecule is Cc1ccc(-c2nnc(COc3cccc(NC(=O)[C@H]4CC(=O)N(c5ccc(C)cc5)C4)c3)o2)cc1. The zero-order valence-corrected chi connectivity index (χ0v) is 20.1. The lowest BCUT2D eigenvalue weighted by Gasteiger charge is -2.17. The highest BCUT2D eigenvalue weighted by molar-refractivity contribution is 6.03. The van der Waals surface area contributed by atoms with Gasteiger partial charge in [-0.25, -0.2) is 0 Å². The van der Waals surface area contributed by atoms with E-state index in [4.69, 9.17) is 9.15 Å². The Bertz CT molecular complexity index is 1380. The van der Waals surface area contributed by atoms with E-state index < -0.39 is 5.92 Å². The molecule has 2 amide bonds. The number of hydrogen-bond donors (Lipinski definition) is 1. The van der Waals surface area contributed by atoms with Crippen LogP contribution in [0.5, 0.6) is 5.75 Å². The smallest absolute Gasteiger partial charge is 0.254 e. The standard InChI is InChI=1S/C28H26N4O4/c1-18-6-10-20(11-7-18)28-31-30-25(36-28)17-35-24-5-3-4-22(15-24)29-27(34)21-14-26(33)32(16-21)23-12-8-19(2)9-13-23/h3-13,15,21H,14,16-17H2,1-2H3,(H,29,34)/t21-/m0/s1. The topological polar surface area (TPSA) is 97.6 Å². The van der Waals surface area contributed by atoms with E-state index in [0.717, 1.165) is 22.4 Å². The number of anilines is 2. The average Bonchev–Trinajstić information content (AvgIpc) is 3.51. The summed E-state index contributed by atoms with van der Waals surface area (Å²) in [7, 11) is 0. The van der Waals surface area contributed by atoms with Crippen LogP contribution in [0, 0.1) is 19.8 Å². The molecule has 0 radical (unpaired) electrons. The molecule has 36 heavy (non-hydrogen) atoms. The van der Waals surface area contributed by atoms with Gasteiger partial charge in [-0.05, 0) is 50.2 Å². The maximum Gasteiger partial charge on any atom is 0.254 e. The summed E-state index contributed by atoms with van der Waals surface area (Å²) in [6, 6.07) is 22.6. The van der Waals surface area contributed by atoms with Crippen molar-refractivity contribution in [2.75, 3.05) is 16.8 Å². The summed E-state index contributed by atoms with van der Waals surface area (Å²) < 4.78 is 11.5. The van der Waals surface area contributed by atoms with Crippen molar-refractivity contribution < 1.29 is 18.7 Å². The Hall–Kier alpha value is -4.46. The minimum atomic E-state index is -0.429. The number of ether oxygens (including phenoxy) is 1. The van der Waals surface area contributed by atoms with Gasteiger partial charge in [-0.2, -0.15) is 0 Å². The molecular weight excluding hydrogens is 456 g/mol. The monoisotopic (exact) mass is 482 g/mol. The number of carbonyl (C=O) groups is 2. The van der Waals surface area contributed by atoms with E-state index in [1.165, 1.54) is 0 Å². The van der Waals surface area contributed by atoms with Crippen molar-refractivity contribution in [2.45, 2.75) is 26.9 Å². The summed E-state index contributed by atoms with van der Waals surface area (Å²) in [6.45, 7) is 4.46. The van der Waals surface area contributed by atoms with E-state index in [9.17, 15) is 9.59 Å². The summed E-state index contributed by atoms with van der Waals surface area (Å²) in [5.74, 6) is 0.644. The first-order valence-corrected chi connectivity index (χ1v) is 11.7. The predicted octanol–water partition coefficient (Wildman–Crippen LogP) is 4.92. The van der Waals surface area contributed by atoms with Crippen LogP contribution in [0.25, 0.3) is 11.5 Å². The molecule has 1 saturated heterocycles. The van der Waals surface area contributed by atoms with Crippen LogP contribution in [0.3, 0.4) is 0 Å². The number of nitrogens with one attached hydrogen (secondary N) is 1. The van der Waals surface area contributed by atoms with Crippen molar-refractivity contribution in [1.82, 2.24) is 10.2 Å². The van der Waals surface area contributed by atoms with Crippen LogP contribution in [0.4, 0.5) is 11.4 Å². The van der Waals surface area contributed by atoms with Gasteiger partial charge in [0.2, 0.25) is 17.7 Å². The summed E-state index contributed by atoms with van der Waals surface area (Å²) >= 11 is 0. The third kappa shape index (κ3) is 5.27. The maximum absolute atomic E-state index is 12.9. The molecule has 0 spiro atoms. The molecular formula is C28H26N4O4. The fourth-order valence-corrected chi connectivity index (χ4v) is 4.04. The molecule has 1 fully saturated rings. The van der Waals surface area contributed by atoms with Gasteiger partial charge in [0.15, 0.2) is 6.61 Å². The zero-order valence-electron chi connectivity index (χ0n) is 20.1. The van der Waals surface area contributed by atoms with Gasteiger partial charge in [0.25, 0.3) is 5.89 Å². The Morgan fingerprint density at radius 1 is 1.03 bits per heavy atom. The molecule has 8 heteroatoms. The van der Waals surface area contributed by atoms with Gasteiger partial charge in [0.1, 0.15) is 5.75 Å². The largest absolute Gasteiger partial charge is 0.484 e. The third-order valence-electron chi connectivity index (χ3n) is 6.07. The van der Waals surface area contributed by atoms with Crippen molar-refractivity contribution in [3.63, 3.8) is 0 Å². The number of amides is 2. The molecule has 1 aliphatic rings. The van der Waals surface area contributed by atoms with Gasteiger partial charge in [0, 0.05) is 36.0 Å². The van der Waals surface area contributed by atoms with E-state index in [1.807, 2.05) is 62.4 Å². The molecule has 4 aromatic rings. The van der Waals surface area contributed by atoms with Gasteiger partial charge in [-0.1, -0.05) is 41.5 Å². The minimum absolute atomic E-state index is 0.0550. The molecule has 0 bridgehead atoms. The molecule has 1 atom stereocenters. The Morgan fingerprint density at radius 2 is 1.75 bits per heavy atom. The van der Waals surface area contributed by atoms with Crippen LogP contribution in [0.2, 0.25) is 0 Å². The lowest BCUT2D eigenvalue weighted by molar-refractivity contribution is -0.122. The van der Waals surface area contributed by atoms with Crippen LogP contribution in [0.1, 0.15) is 23.4 Å². The van der Waals surface area contributed by atoms with E-state index in [0.29, 0.717) is 29.8 Å². The first-order chi connectivity index (χ1) is 17.4. The van der Waals surface area contributed by atoms with Gasteiger partial charge in [-0.15, -0.1) is 10.2 Å². The van der Waals surface area contributed by atoms with Crippen molar-refractivity contribution in [3.8, 4) is 17.2 Å². The molecule has 1 aliphatic heterocycles. The molecule has 0 unspecified atom stereocenters. The molecule has 1 N–H and O–H groups in total. The number of aryl methyl sites for hydroxylation is 2. The average molecular weight is 483 g/mol. The quantitative estimate of drug-likeness (QED) is 0.401. The number of carbonyl (C=O) groups excluding carboxylic acids is 2. The van der Waals surface area contributed by atoms with Crippen molar-refractivity contribution in [3.05, 3.63) is 89.8 Å². The van der Waals surface area contributed by atoms with Gasteiger partial charge < -0.3 is 19.4 Å². The highest BCUT2D eigenvalue weighted by atomic mass is 16.5. The summed E-state index contributed by atoms with van der Waals surface area (Å²) in [5.41, 5.74) is 4.51. The van der Waals surface area contributed by atoms with Crippen LogP contribution in [0.15, 0.2) is 77.2 Å². The first kappa shape index (κ1) is 23.3. The summed E-state index contributed by atoms with van der Waals surface area (Å²) in [5, 5.41) is 11.0. The Kier molecular flexibility index (Phi) is 6.49. The Morgan fingerprint density at radius 3 is 2.50 bits per heavy atom. The lowest BCUT2D eigenvalue weighted by atomic mass is 10.1. The fraction of sp³-hybridized carbons (Fsp3) is 0.214. The van der Waals surface area contributed by atoms with E-state index in [1.54, 1.807) is 29.2 Å². The van der Waals surface area contributed by atoms with E-state index in [2.05, 4.69) is 15.5 Å². The van der Waals surface area contributed by atoms with Gasteiger partial charge in [-0.3, -0.25) is 9.59 Å². The molecule has 2 heterocycles. The zero-order chi connectivity index (χ0) is 25.1. The van der Waals surface area contributed by atoms with Gasteiger partial charge in [0.05, 0.1) is 5.92 Å². The molecule has 182 valence electrons. The Labute approximate surface area is 208 Å². The maximum atomic E-state index is 12.9. The van der Waals surface area contributed by atoms with Crippen molar-refractivity contribution in [2.24, 2.45) is 5.92 Å². The number of nitrogens with zero attached hydrogens (tertiary/aromatic N) is 3. The summed E-state index contributed by atoms with van der Waals surface area (Å²) in [6.07, 6.45) is 0.177.